The molecule has 1 heterocycles. The maximum atomic E-state index is 12.9. The fourth-order valence-corrected chi connectivity index (χ4v) is 5.24. The second-order valence-electron chi connectivity index (χ2n) is 8.28. The zero-order valence-corrected chi connectivity index (χ0v) is 19.0. The second-order valence-corrected chi connectivity index (χ2v) is 14.0. The molecule has 1 fully saturated rings. The minimum atomic E-state index is -1.97. The summed E-state index contributed by atoms with van der Waals surface area (Å²) in [5, 5.41) is -0.0315. The quantitative estimate of drug-likeness (QED) is 0.298. The third-order valence-corrected chi connectivity index (χ3v) is 10.8. The highest BCUT2D eigenvalue weighted by Crippen LogP contribution is 2.44. The summed E-state index contributed by atoms with van der Waals surface area (Å²) in [6.45, 7) is 16.6. The van der Waals surface area contributed by atoms with E-state index in [1.54, 1.807) is 16.7 Å². The molecule has 0 aliphatic carbocycles. The lowest BCUT2D eigenvalue weighted by molar-refractivity contribution is -0.157. The van der Waals surface area contributed by atoms with Gasteiger partial charge in [0.1, 0.15) is 5.70 Å². The molecule has 0 saturated carbocycles. The SMILES string of the molecule is COC(=O)C(=C(C)C)N1C(=O)[C@H]([C@@H](C)O[Si](C)(C)C(C)(C)C)[C@H]1SC. The molecule has 1 rings (SSSR count). The van der Waals surface area contributed by atoms with E-state index in [2.05, 4.69) is 33.9 Å². The van der Waals surface area contributed by atoms with Gasteiger partial charge < -0.3 is 9.16 Å². The molecule has 0 N–H and O–H groups in total. The van der Waals surface area contributed by atoms with Crippen LogP contribution in [0.3, 0.4) is 0 Å². The lowest BCUT2D eigenvalue weighted by Gasteiger charge is -2.50. The Balaban J connectivity index is 3.05. The van der Waals surface area contributed by atoms with Crippen molar-refractivity contribution in [2.75, 3.05) is 13.4 Å². The molecule has 0 aromatic rings. The normalized spacial score (nSPS) is 22.3. The first-order valence-electron chi connectivity index (χ1n) is 8.59. The molecule has 5 nitrogen and oxygen atoms in total. The molecule has 144 valence electrons. The van der Waals surface area contributed by atoms with E-state index in [0.29, 0.717) is 5.70 Å². The smallest absolute Gasteiger partial charge is 0.354 e. The van der Waals surface area contributed by atoms with Crippen molar-refractivity contribution in [3.63, 3.8) is 0 Å². The van der Waals surface area contributed by atoms with Crippen LogP contribution in [0, 0.1) is 5.92 Å². The van der Waals surface area contributed by atoms with Crippen LogP contribution >= 0.6 is 11.8 Å². The molecule has 1 aliphatic rings. The number of hydrogen-bond acceptors (Lipinski definition) is 5. The van der Waals surface area contributed by atoms with Crippen LogP contribution in [-0.2, 0) is 18.8 Å². The minimum absolute atomic E-state index is 0.0628. The Hall–Kier alpha value is -0.793. The van der Waals surface area contributed by atoms with Gasteiger partial charge in [0.25, 0.3) is 0 Å². The van der Waals surface area contributed by atoms with E-state index in [4.69, 9.17) is 9.16 Å². The Labute approximate surface area is 157 Å². The monoisotopic (exact) mass is 387 g/mol. The number of ether oxygens (including phenoxy) is 1. The first kappa shape index (κ1) is 22.2. The van der Waals surface area contributed by atoms with Gasteiger partial charge in [0, 0.05) is 0 Å². The summed E-state index contributed by atoms with van der Waals surface area (Å²) in [5.41, 5.74) is 1.12. The van der Waals surface area contributed by atoms with Gasteiger partial charge in [-0.15, -0.1) is 11.8 Å². The average molecular weight is 388 g/mol. The van der Waals surface area contributed by atoms with E-state index in [-0.39, 0.29) is 28.3 Å². The molecule has 0 radical (unpaired) electrons. The number of amides is 1. The molecule has 0 aromatic carbocycles. The predicted octanol–water partition coefficient (Wildman–Crippen LogP) is 4.01. The number of allylic oxidation sites excluding steroid dienone is 1. The van der Waals surface area contributed by atoms with Crippen LogP contribution in [0.4, 0.5) is 0 Å². The van der Waals surface area contributed by atoms with Crippen LogP contribution in [-0.4, -0.2) is 49.9 Å². The highest BCUT2D eigenvalue weighted by molar-refractivity contribution is 7.99. The summed E-state index contributed by atoms with van der Waals surface area (Å²) >= 11 is 1.57. The molecular weight excluding hydrogens is 354 g/mol. The van der Waals surface area contributed by atoms with Crippen LogP contribution in [0.5, 0.6) is 0 Å². The van der Waals surface area contributed by atoms with Gasteiger partial charge in [-0.05, 0) is 50.7 Å². The van der Waals surface area contributed by atoms with E-state index in [1.807, 2.05) is 27.0 Å². The van der Waals surface area contributed by atoms with Crippen LogP contribution in [0.2, 0.25) is 18.1 Å². The van der Waals surface area contributed by atoms with E-state index in [1.165, 1.54) is 7.11 Å². The van der Waals surface area contributed by atoms with Crippen molar-refractivity contribution in [2.45, 2.75) is 71.2 Å². The van der Waals surface area contributed by atoms with Crippen molar-refractivity contribution in [3.05, 3.63) is 11.3 Å². The number of esters is 1. The fraction of sp³-hybridized carbons (Fsp3) is 0.778. The molecule has 0 spiro atoms. The van der Waals surface area contributed by atoms with Crippen molar-refractivity contribution >= 4 is 32.0 Å². The van der Waals surface area contributed by atoms with Crippen molar-refractivity contribution in [3.8, 4) is 0 Å². The van der Waals surface area contributed by atoms with Gasteiger partial charge in [-0.2, -0.15) is 0 Å². The molecule has 1 aliphatic heterocycles. The molecular formula is C18H33NO4SSi. The van der Waals surface area contributed by atoms with Crippen LogP contribution < -0.4 is 0 Å². The number of rotatable bonds is 6. The van der Waals surface area contributed by atoms with Crippen molar-refractivity contribution < 1.29 is 18.8 Å². The second kappa shape index (κ2) is 7.84. The van der Waals surface area contributed by atoms with Gasteiger partial charge in [0.2, 0.25) is 5.91 Å². The average Bonchev–Trinajstić information content (AvgIpc) is 2.46. The predicted molar refractivity (Wildman–Crippen MR) is 106 cm³/mol. The summed E-state index contributed by atoms with van der Waals surface area (Å²) in [6.07, 6.45) is 1.77. The van der Waals surface area contributed by atoms with Gasteiger partial charge >= 0.3 is 5.97 Å². The number of hydrogen-bond donors (Lipinski definition) is 0. The standard InChI is InChI=1S/C18H33NO4SSi/c1-11(2)14(17(21)22-7)19-15(20)13(16(19)24-8)12(3)23-25(9,10)18(4,5)6/h12-13,16H,1-10H3/t12-,13+,16-/m1/s1. The summed E-state index contributed by atoms with van der Waals surface area (Å²) in [6, 6.07) is 0. The zero-order valence-electron chi connectivity index (χ0n) is 17.2. The Morgan fingerprint density at radius 3 is 2.16 bits per heavy atom. The highest BCUT2D eigenvalue weighted by atomic mass is 32.2. The van der Waals surface area contributed by atoms with Gasteiger partial charge in [0.05, 0.1) is 24.5 Å². The van der Waals surface area contributed by atoms with Gasteiger partial charge in [-0.25, -0.2) is 4.79 Å². The van der Waals surface area contributed by atoms with Gasteiger partial charge in [-0.3, -0.25) is 9.69 Å². The Kier molecular flexibility index (Phi) is 6.98. The zero-order chi connectivity index (χ0) is 19.7. The molecule has 0 aromatic heterocycles. The number of nitrogens with zero attached hydrogens (tertiary/aromatic N) is 1. The molecule has 7 heteroatoms. The molecule has 1 amide bonds. The van der Waals surface area contributed by atoms with Crippen molar-refractivity contribution in [2.24, 2.45) is 5.92 Å². The number of carbonyl (C=O) groups excluding carboxylic acids is 2. The summed E-state index contributed by atoms with van der Waals surface area (Å²) in [7, 11) is -0.631. The van der Waals surface area contributed by atoms with E-state index in [0.717, 1.165) is 5.57 Å². The molecule has 0 bridgehead atoms. The number of methoxy groups -OCH3 is 1. The Morgan fingerprint density at radius 1 is 1.28 bits per heavy atom. The number of likely N-dealkylation sites (tertiary alicyclic amines) is 1. The first-order valence-corrected chi connectivity index (χ1v) is 12.8. The minimum Gasteiger partial charge on any atom is -0.464 e. The third kappa shape index (κ3) is 4.31. The topological polar surface area (TPSA) is 55.8 Å². The van der Waals surface area contributed by atoms with Crippen molar-refractivity contribution in [1.82, 2.24) is 4.90 Å². The van der Waals surface area contributed by atoms with E-state index < -0.39 is 14.3 Å². The van der Waals surface area contributed by atoms with Crippen molar-refractivity contribution in [1.29, 1.82) is 0 Å². The molecule has 25 heavy (non-hydrogen) atoms. The van der Waals surface area contributed by atoms with E-state index in [9.17, 15) is 9.59 Å². The third-order valence-electron chi connectivity index (χ3n) is 5.21. The molecule has 3 atom stereocenters. The Bertz CT molecular complexity index is 564. The van der Waals surface area contributed by atoms with Crippen LogP contribution in [0.25, 0.3) is 0 Å². The van der Waals surface area contributed by atoms with Gasteiger partial charge in [0.15, 0.2) is 8.32 Å². The lowest BCUT2D eigenvalue weighted by Crippen LogP contribution is -2.64. The van der Waals surface area contributed by atoms with Gasteiger partial charge in [-0.1, -0.05) is 20.8 Å². The molecule has 0 unspecified atom stereocenters. The van der Waals surface area contributed by atoms with Crippen LogP contribution in [0.15, 0.2) is 11.3 Å². The number of thioether (sulfide) groups is 1. The summed E-state index contributed by atoms with van der Waals surface area (Å²) in [5.74, 6) is -0.779. The molecule has 1 saturated heterocycles. The lowest BCUT2D eigenvalue weighted by atomic mass is 9.91. The maximum Gasteiger partial charge on any atom is 0.354 e. The first-order chi connectivity index (χ1) is 11.3. The largest absolute Gasteiger partial charge is 0.464 e. The fourth-order valence-electron chi connectivity index (χ4n) is 2.76. The Morgan fingerprint density at radius 2 is 1.80 bits per heavy atom. The highest BCUT2D eigenvalue weighted by Gasteiger charge is 2.54. The van der Waals surface area contributed by atoms with Crippen LogP contribution in [0.1, 0.15) is 41.5 Å². The summed E-state index contributed by atoms with van der Waals surface area (Å²) < 4.78 is 11.3. The number of carbonyl (C=O) groups is 2. The maximum absolute atomic E-state index is 12.9. The summed E-state index contributed by atoms with van der Waals surface area (Å²) in [4.78, 5) is 26.6. The number of β-lactam (4-membered cyclic amide) rings is 1. The van der Waals surface area contributed by atoms with E-state index >= 15 is 0 Å².